The van der Waals surface area contributed by atoms with Gasteiger partial charge in [-0.1, -0.05) is 0 Å². The first-order valence-corrected chi connectivity index (χ1v) is 6.08. The van der Waals surface area contributed by atoms with Crippen molar-refractivity contribution in [3.05, 3.63) is 47.5 Å². The number of halogens is 1. The van der Waals surface area contributed by atoms with Crippen LogP contribution in [0.3, 0.4) is 0 Å². The van der Waals surface area contributed by atoms with Crippen molar-refractivity contribution in [1.82, 2.24) is 4.98 Å². The maximum atomic E-state index is 13.7. The molecule has 0 atom stereocenters. The Labute approximate surface area is 121 Å². The van der Waals surface area contributed by atoms with E-state index in [9.17, 15) is 4.39 Å². The van der Waals surface area contributed by atoms with E-state index in [0.717, 1.165) is 6.07 Å². The number of rotatable bonds is 5. The quantitative estimate of drug-likeness (QED) is 0.846. The lowest BCUT2D eigenvalue weighted by atomic mass is 10.2. The zero-order chi connectivity index (χ0) is 15.2. The van der Waals surface area contributed by atoms with Crippen molar-refractivity contribution in [3.8, 4) is 23.3 Å². The molecule has 6 heteroatoms. The lowest BCUT2D eigenvalue weighted by Gasteiger charge is -2.12. The Morgan fingerprint density at radius 2 is 2.00 bits per heavy atom. The van der Waals surface area contributed by atoms with E-state index in [1.807, 2.05) is 6.07 Å². The summed E-state index contributed by atoms with van der Waals surface area (Å²) in [7, 11) is 3.01. The Balaban J connectivity index is 2.19. The average Bonchev–Trinajstić information content (AvgIpc) is 2.52. The summed E-state index contributed by atoms with van der Waals surface area (Å²) in [4.78, 5) is 4.13. The summed E-state index contributed by atoms with van der Waals surface area (Å²) in [5.74, 6) is 0.400. The summed E-state index contributed by atoms with van der Waals surface area (Å²) in [6.07, 6.45) is 1.55. The Hall–Kier alpha value is -2.81. The number of methoxy groups -OCH3 is 2. The summed E-state index contributed by atoms with van der Waals surface area (Å²) in [5, 5.41) is 8.69. The Bertz CT molecular complexity index is 683. The maximum absolute atomic E-state index is 13.7. The molecule has 0 spiro atoms. The zero-order valence-corrected chi connectivity index (χ0v) is 11.6. The van der Waals surface area contributed by atoms with Crippen molar-refractivity contribution in [1.29, 1.82) is 5.26 Å². The largest absolute Gasteiger partial charge is 0.493 e. The monoisotopic (exact) mass is 288 g/mol. The molecule has 0 saturated heterocycles. The van der Waals surface area contributed by atoms with Gasteiger partial charge in [-0.2, -0.15) is 5.26 Å². The molecular weight excluding hydrogens is 275 g/mol. The summed E-state index contributed by atoms with van der Waals surface area (Å²) >= 11 is 0. The van der Waals surface area contributed by atoms with E-state index in [1.54, 1.807) is 12.3 Å². The third-order valence-corrected chi connectivity index (χ3v) is 2.79. The third kappa shape index (κ3) is 3.20. The molecule has 108 valence electrons. The second kappa shape index (κ2) is 6.57. The van der Waals surface area contributed by atoms with Gasteiger partial charge < -0.3 is 14.2 Å². The molecule has 21 heavy (non-hydrogen) atoms. The molecule has 0 radical (unpaired) electrons. The number of nitrogens with zero attached hydrogens (tertiary/aromatic N) is 2. The van der Waals surface area contributed by atoms with E-state index in [4.69, 9.17) is 19.5 Å². The minimum absolute atomic E-state index is 0.0171. The summed E-state index contributed by atoms with van der Waals surface area (Å²) in [6, 6.07) is 7.52. The van der Waals surface area contributed by atoms with Gasteiger partial charge in [0, 0.05) is 12.3 Å². The summed E-state index contributed by atoms with van der Waals surface area (Å²) in [6.45, 7) is 0.0171. The zero-order valence-electron chi connectivity index (χ0n) is 11.6. The smallest absolute Gasteiger partial charge is 0.185 e. The van der Waals surface area contributed by atoms with Gasteiger partial charge in [-0.05, 0) is 18.2 Å². The number of hydrogen-bond acceptors (Lipinski definition) is 5. The fraction of sp³-hybridized carbons (Fsp3) is 0.200. The normalized spacial score (nSPS) is 9.81. The van der Waals surface area contributed by atoms with Crippen molar-refractivity contribution < 1.29 is 18.6 Å². The topological polar surface area (TPSA) is 64.4 Å². The Morgan fingerprint density at radius 3 is 2.62 bits per heavy atom. The van der Waals surface area contributed by atoms with Crippen LogP contribution in [0.1, 0.15) is 11.3 Å². The number of pyridine rings is 1. The molecule has 1 aromatic heterocycles. The highest BCUT2D eigenvalue weighted by Gasteiger charge is 2.13. The number of ether oxygens (including phenoxy) is 3. The predicted molar refractivity (Wildman–Crippen MR) is 72.8 cm³/mol. The lowest BCUT2D eigenvalue weighted by molar-refractivity contribution is 0.273. The van der Waals surface area contributed by atoms with Gasteiger partial charge in [-0.15, -0.1) is 0 Å². The van der Waals surface area contributed by atoms with Crippen LogP contribution in [-0.2, 0) is 6.61 Å². The van der Waals surface area contributed by atoms with Gasteiger partial charge in [0.05, 0.1) is 25.9 Å². The highest BCUT2D eigenvalue weighted by molar-refractivity contribution is 5.42. The average molecular weight is 288 g/mol. The Kier molecular flexibility index (Phi) is 4.57. The van der Waals surface area contributed by atoms with Gasteiger partial charge in [0.2, 0.25) is 0 Å². The first kappa shape index (κ1) is 14.6. The minimum atomic E-state index is -0.601. The fourth-order valence-corrected chi connectivity index (χ4v) is 1.79. The van der Waals surface area contributed by atoms with Crippen LogP contribution in [0.5, 0.6) is 17.2 Å². The molecule has 5 nitrogen and oxygen atoms in total. The highest BCUT2D eigenvalue weighted by atomic mass is 19.1. The fourth-order valence-electron chi connectivity index (χ4n) is 1.79. The van der Waals surface area contributed by atoms with E-state index >= 15 is 0 Å². The summed E-state index contributed by atoms with van der Waals surface area (Å²) in [5.41, 5.74) is 0.720. The third-order valence-electron chi connectivity index (χ3n) is 2.79. The molecule has 1 heterocycles. The second-order valence-corrected chi connectivity index (χ2v) is 4.04. The molecule has 1 aromatic carbocycles. The number of aromatic nitrogens is 1. The SMILES string of the molecule is COc1ccnc(COc2ccc(C#N)cc2F)c1OC. The van der Waals surface area contributed by atoms with Gasteiger partial charge in [-0.3, -0.25) is 4.98 Å². The lowest BCUT2D eigenvalue weighted by Crippen LogP contribution is -2.04. The van der Waals surface area contributed by atoms with Crippen molar-refractivity contribution in [2.24, 2.45) is 0 Å². The van der Waals surface area contributed by atoms with Gasteiger partial charge >= 0.3 is 0 Å². The molecule has 0 amide bonds. The molecule has 2 aromatic rings. The van der Waals surface area contributed by atoms with Crippen LogP contribution in [0.2, 0.25) is 0 Å². The molecule has 0 unspecified atom stereocenters. The molecule has 2 rings (SSSR count). The van der Waals surface area contributed by atoms with E-state index in [0.29, 0.717) is 17.2 Å². The van der Waals surface area contributed by atoms with Crippen LogP contribution >= 0.6 is 0 Å². The van der Waals surface area contributed by atoms with Gasteiger partial charge in [0.25, 0.3) is 0 Å². The number of hydrogen-bond donors (Lipinski definition) is 0. The molecule has 0 aliphatic carbocycles. The Morgan fingerprint density at radius 1 is 1.19 bits per heavy atom. The van der Waals surface area contributed by atoms with E-state index in [2.05, 4.69) is 4.98 Å². The molecule has 0 aliphatic rings. The second-order valence-electron chi connectivity index (χ2n) is 4.04. The standard InChI is InChI=1S/C15H13FN2O3/c1-19-14-5-6-18-12(15(14)20-2)9-21-13-4-3-10(8-17)7-11(13)16/h3-7H,9H2,1-2H3. The molecule has 0 saturated carbocycles. The van der Waals surface area contributed by atoms with Gasteiger partial charge in [0.15, 0.2) is 23.1 Å². The molecule has 0 N–H and O–H groups in total. The molecule has 0 aliphatic heterocycles. The predicted octanol–water partition coefficient (Wildman–Crippen LogP) is 2.69. The van der Waals surface area contributed by atoms with Crippen LogP contribution in [0, 0.1) is 17.1 Å². The van der Waals surface area contributed by atoms with Crippen LogP contribution < -0.4 is 14.2 Å². The van der Waals surface area contributed by atoms with Crippen molar-refractivity contribution in [2.75, 3.05) is 14.2 Å². The van der Waals surface area contributed by atoms with E-state index in [-0.39, 0.29) is 17.9 Å². The minimum Gasteiger partial charge on any atom is -0.493 e. The molecule has 0 bridgehead atoms. The number of benzene rings is 1. The molecular formula is C15H13FN2O3. The highest BCUT2D eigenvalue weighted by Crippen LogP contribution is 2.30. The summed E-state index contributed by atoms with van der Waals surface area (Å²) < 4.78 is 29.5. The van der Waals surface area contributed by atoms with Gasteiger partial charge in [-0.25, -0.2) is 4.39 Å². The van der Waals surface area contributed by atoms with Crippen LogP contribution in [0.15, 0.2) is 30.5 Å². The van der Waals surface area contributed by atoms with E-state index < -0.39 is 5.82 Å². The van der Waals surface area contributed by atoms with Crippen LogP contribution in [-0.4, -0.2) is 19.2 Å². The van der Waals surface area contributed by atoms with Crippen molar-refractivity contribution in [3.63, 3.8) is 0 Å². The maximum Gasteiger partial charge on any atom is 0.185 e. The molecule has 0 fully saturated rings. The van der Waals surface area contributed by atoms with Gasteiger partial charge in [0.1, 0.15) is 12.3 Å². The first-order valence-electron chi connectivity index (χ1n) is 6.08. The van der Waals surface area contributed by atoms with Crippen LogP contribution in [0.4, 0.5) is 4.39 Å². The van der Waals surface area contributed by atoms with E-state index in [1.165, 1.54) is 26.4 Å². The van der Waals surface area contributed by atoms with Crippen LogP contribution in [0.25, 0.3) is 0 Å². The van der Waals surface area contributed by atoms with Crippen molar-refractivity contribution in [2.45, 2.75) is 6.61 Å². The number of nitriles is 1. The first-order chi connectivity index (χ1) is 10.2. The van der Waals surface area contributed by atoms with Crippen molar-refractivity contribution >= 4 is 0 Å².